The predicted octanol–water partition coefficient (Wildman–Crippen LogP) is 5.99. The Hall–Kier alpha value is -5.55. The maximum atomic E-state index is 13.0. The molecule has 3 heterocycles. The van der Waals surface area contributed by atoms with Crippen LogP contribution >= 0.6 is 11.3 Å². The highest BCUT2D eigenvalue weighted by Gasteiger charge is 2.25. The number of anilines is 4. The van der Waals surface area contributed by atoms with E-state index >= 15 is 0 Å². The Morgan fingerprint density at radius 3 is 2.47 bits per heavy atom. The number of benzene rings is 2. The lowest BCUT2D eigenvalue weighted by Crippen LogP contribution is -2.31. The van der Waals surface area contributed by atoms with Crippen molar-refractivity contribution in [3.63, 3.8) is 0 Å². The van der Waals surface area contributed by atoms with Crippen molar-refractivity contribution in [2.75, 3.05) is 56.9 Å². The summed E-state index contributed by atoms with van der Waals surface area (Å²) < 4.78 is 34.2. The van der Waals surface area contributed by atoms with Crippen LogP contribution < -0.4 is 16.0 Å². The molecule has 0 fully saturated rings. The molecule has 4 N–H and O–H groups in total. The van der Waals surface area contributed by atoms with E-state index in [0.717, 1.165) is 26.7 Å². The third kappa shape index (κ3) is 8.41. The molecular formula is C34H40N12O5S2. The number of rotatable bonds is 16. The summed E-state index contributed by atoms with van der Waals surface area (Å²) in [5.74, 6) is -0.121. The first kappa shape index (κ1) is 38.7. The van der Waals surface area contributed by atoms with Crippen LogP contribution in [-0.4, -0.2) is 89.4 Å². The van der Waals surface area contributed by atoms with Crippen molar-refractivity contribution in [3.05, 3.63) is 58.3 Å². The Labute approximate surface area is 310 Å². The Kier molecular flexibility index (Phi) is 12.0. The largest absolute Gasteiger partial charge is 0.480 e. The molecule has 19 heteroatoms. The van der Waals surface area contributed by atoms with Crippen molar-refractivity contribution in [2.24, 2.45) is 10.2 Å². The molecule has 0 aliphatic heterocycles. The van der Waals surface area contributed by atoms with Crippen LogP contribution in [-0.2, 0) is 26.0 Å². The molecule has 0 saturated carbocycles. The van der Waals surface area contributed by atoms with E-state index in [2.05, 4.69) is 64.4 Å². The maximum absolute atomic E-state index is 13.0. The first-order valence-corrected chi connectivity index (χ1v) is 18.8. The first-order chi connectivity index (χ1) is 25.3. The number of aliphatic carboxylic acids is 1. The van der Waals surface area contributed by atoms with Crippen LogP contribution in [0, 0.1) is 32.1 Å². The number of ether oxygens (including phenoxy) is 1. The number of carboxylic acids is 1. The van der Waals surface area contributed by atoms with Crippen LogP contribution in [0.3, 0.4) is 0 Å². The predicted molar refractivity (Wildman–Crippen MR) is 203 cm³/mol. The number of aryl methyl sites for hydroxylation is 3. The Morgan fingerprint density at radius 2 is 1.83 bits per heavy atom. The number of carboxylic acid groups (broad SMARTS) is 1. The number of nitrogens with zero attached hydrogens (tertiary/aromatic N) is 9. The fraction of sp³-hybridized carbons (Fsp3) is 0.353. The van der Waals surface area contributed by atoms with Gasteiger partial charge in [-0.1, -0.05) is 36.0 Å². The second-order valence-corrected chi connectivity index (χ2v) is 15.1. The Bertz CT molecular complexity index is 2320. The zero-order valence-corrected chi connectivity index (χ0v) is 32.0. The third-order valence-electron chi connectivity index (χ3n) is 8.09. The number of azo groups is 1. The summed E-state index contributed by atoms with van der Waals surface area (Å²) in [7, 11) is 0.459. The molecule has 0 radical (unpaired) electrons. The van der Waals surface area contributed by atoms with Crippen molar-refractivity contribution in [1.29, 1.82) is 5.26 Å². The number of fused-ring (bicyclic) bond motifs is 1. The number of nitrogens with one attached hydrogen (secondary N) is 3. The third-order valence-corrected chi connectivity index (χ3v) is 10.9. The minimum atomic E-state index is -4.09. The van der Waals surface area contributed by atoms with E-state index in [1.54, 1.807) is 20.2 Å². The topological polar surface area (TPSA) is 225 Å². The van der Waals surface area contributed by atoms with E-state index in [1.807, 2.05) is 27.7 Å². The quantitative estimate of drug-likeness (QED) is 0.0671. The van der Waals surface area contributed by atoms with Crippen molar-refractivity contribution in [3.8, 4) is 11.2 Å². The fourth-order valence-electron chi connectivity index (χ4n) is 5.60. The Morgan fingerprint density at radius 1 is 1.11 bits per heavy atom. The SMILES string of the molecule is CCc1c(C#N)c(N=Nc2c(NCCCOC)nc(NC)nc2Nc2c(C)cc(C)cc2C)nn1-c1nc2cc(S(=O)(=O)N(C)CC(=O)O)ccc2s1. The average molecular weight is 761 g/mol. The summed E-state index contributed by atoms with van der Waals surface area (Å²) in [5.41, 5.74) is 5.36. The summed E-state index contributed by atoms with van der Waals surface area (Å²) in [6, 6.07) is 10.7. The van der Waals surface area contributed by atoms with E-state index < -0.39 is 22.5 Å². The number of nitriles is 1. The minimum Gasteiger partial charge on any atom is -0.480 e. The van der Waals surface area contributed by atoms with Gasteiger partial charge in [0.05, 0.1) is 20.8 Å². The molecule has 5 aromatic rings. The van der Waals surface area contributed by atoms with Crippen LogP contribution in [0.5, 0.6) is 0 Å². The number of hydrogen-bond acceptors (Lipinski definition) is 15. The number of sulfonamides is 1. The maximum Gasteiger partial charge on any atom is 0.318 e. The van der Waals surface area contributed by atoms with Gasteiger partial charge in [-0.15, -0.1) is 15.3 Å². The summed E-state index contributed by atoms with van der Waals surface area (Å²) in [4.78, 5) is 25.0. The fourth-order valence-corrected chi connectivity index (χ4v) is 7.66. The molecule has 0 aliphatic rings. The molecule has 0 bridgehead atoms. The van der Waals surface area contributed by atoms with Gasteiger partial charge in [-0.2, -0.15) is 19.5 Å². The van der Waals surface area contributed by atoms with Gasteiger partial charge < -0.3 is 25.8 Å². The molecule has 278 valence electrons. The molecule has 3 aromatic heterocycles. The van der Waals surface area contributed by atoms with Gasteiger partial charge in [-0.05, 0) is 62.9 Å². The van der Waals surface area contributed by atoms with Gasteiger partial charge in [-0.3, -0.25) is 4.79 Å². The molecule has 5 rings (SSSR count). The van der Waals surface area contributed by atoms with Crippen molar-refractivity contribution in [2.45, 2.75) is 45.4 Å². The lowest BCUT2D eigenvalue weighted by molar-refractivity contribution is -0.137. The summed E-state index contributed by atoms with van der Waals surface area (Å²) in [5, 5.41) is 43.2. The molecule has 0 spiro atoms. The van der Waals surface area contributed by atoms with E-state index in [4.69, 9.17) is 9.84 Å². The van der Waals surface area contributed by atoms with Gasteiger partial charge >= 0.3 is 5.97 Å². The zero-order chi connectivity index (χ0) is 38.4. The summed E-state index contributed by atoms with van der Waals surface area (Å²) >= 11 is 1.24. The second kappa shape index (κ2) is 16.4. The molecule has 0 amide bonds. The van der Waals surface area contributed by atoms with Gasteiger partial charge in [0.2, 0.25) is 26.9 Å². The zero-order valence-electron chi connectivity index (χ0n) is 30.3. The van der Waals surface area contributed by atoms with Crippen molar-refractivity contribution >= 4 is 72.3 Å². The number of hydrogen-bond donors (Lipinski definition) is 4. The molecular weight excluding hydrogens is 721 g/mol. The molecule has 53 heavy (non-hydrogen) atoms. The normalized spacial score (nSPS) is 11.8. The average Bonchev–Trinajstić information content (AvgIpc) is 3.71. The first-order valence-electron chi connectivity index (χ1n) is 16.5. The van der Waals surface area contributed by atoms with Gasteiger partial charge in [0, 0.05) is 40.0 Å². The van der Waals surface area contributed by atoms with Crippen LogP contribution in [0.15, 0.2) is 45.5 Å². The Balaban J connectivity index is 1.59. The molecule has 0 saturated heterocycles. The lowest BCUT2D eigenvalue weighted by atomic mass is 10.1. The number of aromatic nitrogens is 5. The van der Waals surface area contributed by atoms with Gasteiger partial charge in [0.15, 0.2) is 17.3 Å². The van der Waals surface area contributed by atoms with Crippen molar-refractivity contribution in [1.82, 2.24) is 29.0 Å². The number of methoxy groups -OCH3 is 1. The van der Waals surface area contributed by atoms with Gasteiger partial charge in [-0.25, -0.2) is 18.1 Å². The molecule has 0 unspecified atom stereocenters. The molecule has 0 atom stereocenters. The minimum absolute atomic E-state index is 0.0406. The summed E-state index contributed by atoms with van der Waals surface area (Å²) in [6.07, 6.45) is 1.09. The molecule has 17 nitrogen and oxygen atoms in total. The van der Waals surface area contributed by atoms with E-state index in [9.17, 15) is 18.5 Å². The molecule has 2 aromatic carbocycles. The highest BCUT2D eigenvalue weighted by Crippen LogP contribution is 2.38. The second-order valence-electron chi connectivity index (χ2n) is 12.0. The number of carbonyl (C=O) groups is 1. The van der Waals surface area contributed by atoms with Gasteiger partial charge in [0.25, 0.3) is 0 Å². The summed E-state index contributed by atoms with van der Waals surface area (Å²) in [6.45, 7) is 8.28. The van der Waals surface area contributed by atoms with E-state index in [-0.39, 0.29) is 16.3 Å². The smallest absolute Gasteiger partial charge is 0.318 e. The lowest BCUT2D eigenvalue weighted by Gasteiger charge is -2.17. The van der Waals surface area contributed by atoms with Crippen molar-refractivity contribution < 1.29 is 23.1 Å². The monoisotopic (exact) mass is 760 g/mol. The van der Waals surface area contributed by atoms with Gasteiger partial charge in [0.1, 0.15) is 18.2 Å². The highest BCUT2D eigenvalue weighted by atomic mass is 32.2. The van der Waals surface area contributed by atoms with E-state index in [1.165, 1.54) is 35.2 Å². The number of likely N-dealkylation sites (N-methyl/N-ethyl adjacent to an activating group) is 1. The number of thiazole rings is 1. The van der Waals surface area contributed by atoms with Crippen LogP contribution in [0.2, 0.25) is 0 Å². The van der Waals surface area contributed by atoms with Crippen LogP contribution in [0.1, 0.15) is 41.3 Å². The molecule has 0 aliphatic carbocycles. The van der Waals surface area contributed by atoms with E-state index in [0.29, 0.717) is 70.3 Å². The van der Waals surface area contributed by atoms with Crippen LogP contribution in [0.25, 0.3) is 15.3 Å². The van der Waals surface area contributed by atoms with Crippen LogP contribution in [0.4, 0.5) is 34.8 Å². The standard InChI is InChI=1S/C34H40N12O5S2/c1-8-25-23(17-35)30(44-46(25)34-38-24-16-22(10-11-26(24)52-34)53(49,50)45(6)18-27(47)48)43-42-29-31(37-12-9-13-51-7)40-33(36-5)41-32(29)39-28-20(3)14-19(2)15-21(28)4/h10-11,14-16H,8-9,12-13,18H2,1-7H3,(H,47,48)(H3,36,37,39,40,41). The highest BCUT2D eigenvalue weighted by molar-refractivity contribution is 7.89.